The Morgan fingerprint density at radius 2 is 1.62 bits per heavy atom. The summed E-state index contributed by atoms with van der Waals surface area (Å²) in [4.78, 5) is 23.8. The van der Waals surface area contributed by atoms with Crippen molar-refractivity contribution in [2.45, 2.75) is 13.3 Å². The number of amides is 2. The van der Waals surface area contributed by atoms with E-state index < -0.39 is 5.91 Å². The molecule has 0 saturated heterocycles. The van der Waals surface area contributed by atoms with E-state index in [9.17, 15) is 9.59 Å². The van der Waals surface area contributed by atoms with E-state index in [2.05, 4.69) is 10.6 Å². The molecule has 24 heavy (non-hydrogen) atoms. The molecule has 2 N–H and O–H groups in total. The van der Waals surface area contributed by atoms with Crippen LogP contribution < -0.4 is 15.4 Å². The van der Waals surface area contributed by atoms with Crippen LogP contribution in [0.1, 0.15) is 23.7 Å². The van der Waals surface area contributed by atoms with Gasteiger partial charge in [0.15, 0.2) is 0 Å². The van der Waals surface area contributed by atoms with E-state index in [0.29, 0.717) is 22.8 Å². The maximum Gasteiger partial charge on any atom is 0.259 e. The number of halogens is 2. The van der Waals surface area contributed by atoms with E-state index in [1.54, 1.807) is 31.2 Å². The zero-order valence-electron chi connectivity index (χ0n) is 13.2. The number of anilines is 2. The number of hydrogen-bond donors (Lipinski definition) is 2. The van der Waals surface area contributed by atoms with Crippen molar-refractivity contribution in [3.05, 3.63) is 52.0 Å². The van der Waals surface area contributed by atoms with Crippen LogP contribution >= 0.6 is 23.2 Å². The van der Waals surface area contributed by atoms with Crippen LogP contribution in [0.25, 0.3) is 0 Å². The van der Waals surface area contributed by atoms with Gasteiger partial charge in [-0.25, -0.2) is 0 Å². The average Bonchev–Trinajstić information content (AvgIpc) is 2.55. The lowest BCUT2D eigenvalue weighted by Crippen LogP contribution is -2.14. The molecular weight excluding hydrogens is 351 g/mol. The van der Waals surface area contributed by atoms with Gasteiger partial charge in [-0.2, -0.15) is 0 Å². The number of nitrogens with one attached hydrogen (secondary N) is 2. The summed E-state index contributed by atoms with van der Waals surface area (Å²) in [6, 6.07) is 9.75. The van der Waals surface area contributed by atoms with Crippen molar-refractivity contribution in [2.24, 2.45) is 0 Å². The monoisotopic (exact) mass is 366 g/mol. The van der Waals surface area contributed by atoms with Gasteiger partial charge in [-0.15, -0.1) is 0 Å². The molecule has 2 aromatic rings. The van der Waals surface area contributed by atoms with Gasteiger partial charge >= 0.3 is 0 Å². The number of carbonyl (C=O) groups excluding carboxylic acids is 2. The van der Waals surface area contributed by atoms with E-state index in [0.717, 1.165) is 0 Å². The van der Waals surface area contributed by atoms with Crippen LogP contribution in [0.4, 0.5) is 11.4 Å². The topological polar surface area (TPSA) is 67.4 Å². The summed E-state index contributed by atoms with van der Waals surface area (Å²) in [5.41, 5.74) is 1.45. The third kappa shape index (κ3) is 4.40. The summed E-state index contributed by atoms with van der Waals surface area (Å²) in [6.07, 6.45) is 0.397. The quantitative estimate of drug-likeness (QED) is 0.812. The molecule has 126 valence electrons. The molecule has 2 amide bonds. The summed E-state index contributed by atoms with van der Waals surface area (Å²) in [5.74, 6) is -0.225. The van der Waals surface area contributed by atoms with Gasteiger partial charge in [0.2, 0.25) is 5.91 Å². The summed E-state index contributed by atoms with van der Waals surface area (Å²) >= 11 is 12.0. The Bertz CT molecular complexity index is 761. The minimum Gasteiger partial charge on any atom is -0.494 e. The normalized spacial score (nSPS) is 10.2. The molecule has 0 fully saturated rings. The van der Waals surface area contributed by atoms with Gasteiger partial charge in [-0.3, -0.25) is 9.59 Å². The maximum absolute atomic E-state index is 12.4. The van der Waals surface area contributed by atoms with Gasteiger partial charge in [0, 0.05) is 22.8 Å². The lowest BCUT2D eigenvalue weighted by Gasteiger charge is -2.12. The Labute approximate surface area is 149 Å². The van der Waals surface area contributed by atoms with Crippen LogP contribution in [0.3, 0.4) is 0 Å². The Kier molecular flexibility index (Phi) is 6.06. The van der Waals surface area contributed by atoms with Crippen LogP contribution in [0, 0.1) is 0 Å². The van der Waals surface area contributed by atoms with Crippen molar-refractivity contribution in [3.8, 4) is 5.75 Å². The Balaban J connectivity index is 2.17. The Morgan fingerprint density at radius 1 is 1.04 bits per heavy atom. The lowest BCUT2D eigenvalue weighted by atomic mass is 10.1. The molecular formula is C17H16Cl2N2O3. The number of rotatable bonds is 5. The van der Waals surface area contributed by atoms with E-state index >= 15 is 0 Å². The SMILES string of the molecule is CCC(=O)Nc1ccc(NC(=O)c2cc(Cl)cc(Cl)c2OC)cc1. The second-order valence-electron chi connectivity index (χ2n) is 4.90. The molecule has 7 heteroatoms. The molecule has 0 aliphatic carbocycles. The van der Waals surface area contributed by atoms with E-state index in [1.165, 1.54) is 19.2 Å². The lowest BCUT2D eigenvalue weighted by molar-refractivity contribution is -0.115. The van der Waals surface area contributed by atoms with Crippen LogP contribution in [0.2, 0.25) is 10.0 Å². The van der Waals surface area contributed by atoms with E-state index in [1.807, 2.05) is 0 Å². The van der Waals surface area contributed by atoms with Gasteiger partial charge < -0.3 is 15.4 Å². The maximum atomic E-state index is 12.4. The Hall–Kier alpha value is -2.24. The first-order valence-corrected chi connectivity index (χ1v) is 7.94. The summed E-state index contributed by atoms with van der Waals surface area (Å²) in [7, 11) is 1.43. The first-order valence-electron chi connectivity index (χ1n) is 7.19. The fourth-order valence-corrected chi connectivity index (χ4v) is 2.59. The van der Waals surface area contributed by atoms with E-state index in [4.69, 9.17) is 27.9 Å². The molecule has 0 aromatic heterocycles. The van der Waals surface area contributed by atoms with Crippen molar-refractivity contribution < 1.29 is 14.3 Å². The molecule has 2 rings (SSSR count). The third-order valence-corrected chi connectivity index (χ3v) is 3.70. The fraction of sp³-hybridized carbons (Fsp3) is 0.176. The van der Waals surface area contributed by atoms with Crippen molar-refractivity contribution in [1.29, 1.82) is 0 Å². The minimum atomic E-state index is -0.401. The smallest absolute Gasteiger partial charge is 0.259 e. The van der Waals surface area contributed by atoms with Gasteiger partial charge in [0.25, 0.3) is 5.91 Å². The standard InChI is InChI=1S/C17H16Cl2N2O3/c1-3-15(22)20-11-4-6-12(7-5-11)21-17(23)13-8-10(18)9-14(19)16(13)24-2/h4-9H,3H2,1-2H3,(H,20,22)(H,21,23). The molecule has 0 bridgehead atoms. The third-order valence-electron chi connectivity index (χ3n) is 3.20. The average molecular weight is 367 g/mol. The van der Waals surface area contributed by atoms with Crippen molar-refractivity contribution >= 4 is 46.4 Å². The second-order valence-corrected chi connectivity index (χ2v) is 5.75. The Morgan fingerprint density at radius 3 is 2.17 bits per heavy atom. The number of hydrogen-bond acceptors (Lipinski definition) is 3. The molecule has 2 aromatic carbocycles. The van der Waals surface area contributed by atoms with Crippen LogP contribution in [-0.4, -0.2) is 18.9 Å². The number of benzene rings is 2. The highest BCUT2D eigenvalue weighted by atomic mass is 35.5. The van der Waals surface area contributed by atoms with Crippen LogP contribution in [0.5, 0.6) is 5.75 Å². The molecule has 0 atom stereocenters. The van der Waals surface area contributed by atoms with Crippen LogP contribution in [0.15, 0.2) is 36.4 Å². The molecule has 0 unspecified atom stereocenters. The molecule has 0 aliphatic heterocycles. The molecule has 0 spiro atoms. The molecule has 0 heterocycles. The zero-order valence-corrected chi connectivity index (χ0v) is 14.7. The predicted molar refractivity (Wildman–Crippen MR) is 96.3 cm³/mol. The summed E-state index contributed by atoms with van der Waals surface area (Å²) in [6.45, 7) is 1.77. The number of methoxy groups -OCH3 is 1. The van der Waals surface area contributed by atoms with Crippen molar-refractivity contribution in [3.63, 3.8) is 0 Å². The van der Waals surface area contributed by atoms with Gasteiger partial charge in [0.05, 0.1) is 17.7 Å². The second kappa shape index (κ2) is 8.04. The highest BCUT2D eigenvalue weighted by Gasteiger charge is 2.17. The largest absolute Gasteiger partial charge is 0.494 e. The molecule has 0 saturated carbocycles. The fourth-order valence-electron chi connectivity index (χ4n) is 2.02. The van der Waals surface area contributed by atoms with Gasteiger partial charge in [-0.1, -0.05) is 30.1 Å². The minimum absolute atomic E-state index is 0.0786. The van der Waals surface area contributed by atoms with Crippen molar-refractivity contribution in [1.82, 2.24) is 0 Å². The molecule has 5 nitrogen and oxygen atoms in total. The zero-order chi connectivity index (χ0) is 17.7. The number of carbonyl (C=O) groups is 2. The van der Waals surface area contributed by atoms with Gasteiger partial charge in [0.1, 0.15) is 5.75 Å². The number of ether oxygens (including phenoxy) is 1. The molecule has 0 aliphatic rings. The first-order chi connectivity index (χ1) is 11.4. The summed E-state index contributed by atoms with van der Waals surface area (Å²) in [5, 5.41) is 6.06. The van der Waals surface area contributed by atoms with Crippen molar-refractivity contribution in [2.75, 3.05) is 17.7 Å². The highest BCUT2D eigenvalue weighted by molar-refractivity contribution is 6.36. The van der Waals surface area contributed by atoms with Gasteiger partial charge in [-0.05, 0) is 36.4 Å². The van der Waals surface area contributed by atoms with Crippen LogP contribution in [-0.2, 0) is 4.79 Å². The molecule has 0 radical (unpaired) electrons. The first kappa shape index (κ1) is 18.1. The summed E-state index contributed by atoms with van der Waals surface area (Å²) < 4.78 is 5.17. The van der Waals surface area contributed by atoms with E-state index in [-0.39, 0.29) is 22.2 Å². The highest BCUT2D eigenvalue weighted by Crippen LogP contribution is 2.32. The predicted octanol–water partition coefficient (Wildman–Crippen LogP) is 4.60.